The van der Waals surface area contributed by atoms with Crippen LogP contribution in [-0.4, -0.2) is 31.1 Å². The third kappa shape index (κ3) is 3.98. The van der Waals surface area contributed by atoms with Crippen LogP contribution in [0.3, 0.4) is 0 Å². The zero-order valence-electron chi connectivity index (χ0n) is 9.56. The van der Waals surface area contributed by atoms with Crippen LogP contribution in [0, 0.1) is 5.92 Å². The van der Waals surface area contributed by atoms with E-state index < -0.39 is 12.0 Å². The smallest absolute Gasteiger partial charge is 0.328 e. The largest absolute Gasteiger partial charge is 0.467 e. The van der Waals surface area contributed by atoms with Gasteiger partial charge in [-0.05, 0) is 26.2 Å². The molecule has 5 nitrogen and oxygen atoms in total. The Morgan fingerprint density at radius 1 is 1.44 bits per heavy atom. The third-order valence-electron chi connectivity index (χ3n) is 2.76. The number of hydrogen-bond acceptors (Lipinski definition) is 4. The first-order valence-electron chi connectivity index (χ1n) is 5.18. The number of methoxy groups -OCH3 is 1. The Hall–Kier alpha value is -0.810. The highest BCUT2D eigenvalue weighted by Crippen LogP contribution is 2.24. The van der Waals surface area contributed by atoms with Crippen LogP contribution in [0.5, 0.6) is 0 Å². The van der Waals surface area contributed by atoms with Gasteiger partial charge in [0.2, 0.25) is 5.91 Å². The summed E-state index contributed by atoms with van der Waals surface area (Å²) >= 11 is 0. The second-order valence-electron chi connectivity index (χ2n) is 4.02. The summed E-state index contributed by atoms with van der Waals surface area (Å²) in [7, 11) is 1.30. The fourth-order valence-electron chi connectivity index (χ4n) is 1.82. The number of rotatable bonds is 3. The fraction of sp³-hybridized carbons (Fsp3) is 0.800. The molecule has 1 fully saturated rings. The average Bonchev–Trinajstić information content (AvgIpc) is 2.63. The molecule has 3 N–H and O–H groups in total. The van der Waals surface area contributed by atoms with Gasteiger partial charge in [0.25, 0.3) is 0 Å². The quantitative estimate of drug-likeness (QED) is 0.702. The van der Waals surface area contributed by atoms with E-state index in [0.717, 1.165) is 12.8 Å². The number of nitrogens with two attached hydrogens (primary N) is 1. The summed E-state index contributed by atoms with van der Waals surface area (Å²) < 4.78 is 4.52. The number of esters is 1. The van der Waals surface area contributed by atoms with E-state index in [1.54, 1.807) is 6.92 Å². The van der Waals surface area contributed by atoms with Crippen molar-refractivity contribution in [3.05, 3.63) is 0 Å². The Kier molecular flexibility index (Phi) is 6.36. The number of hydrogen-bond donors (Lipinski definition) is 2. The van der Waals surface area contributed by atoms with Gasteiger partial charge in [-0.25, -0.2) is 4.79 Å². The van der Waals surface area contributed by atoms with Crippen molar-refractivity contribution in [3.8, 4) is 0 Å². The highest BCUT2D eigenvalue weighted by atomic mass is 35.5. The molecule has 94 valence electrons. The van der Waals surface area contributed by atoms with Gasteiger partial charge in [-0.15, -0.1) is 12.4 Å². The van der Waals surface area contributed by atoms with Crippen LogP contribution >= 0.6 is 12.4 Å². The van der Waals surface area contributed by atoms with Gasteiger partial charge in [0.15, 0.2) is 0 Å². The SMILES string of the molecule is COC(=O)[C@@H](C)NC(=O)C1CCC(N)C1.Cl. The molecule has 16 heavy (non-hydrogen) atoms. The molecule has 0 aromatic heterocycles. The number of carbonyl (C=O) groups is 2. The van der Waals surface area contributed by atoms with E-state index in [-0.39, 0.29) is 30.3 Å². The fourth-order valence-corrected chi connectivity index (χ4v) is 1.82. The molecule has 3 atom stereocenters. The topological polar surface area (TPSA) is 81.4 Å². The van der Waals surface area contributed by atoms with Crippen LogP contribution in [0.1, 0.15) is 26.2 Å². The summed E-state index contributed by atoms with van der Waals surface area (Å²) in [4.78, 5) is 22.7. The Morgan fingerprint density at radius 2 is 2.06 bits per heavy atom. The first kappa shape index (κ1) is 15.2. The molecule has 0 heterocycles. The highest BCUT2D eigenvalue weighted by molar-refractivity contribution is 5.85. The van der Waals surface area contributed by atoms with E-state index in [1.807, 2.05) is 0 Å². The number of nitrogens with one attached hydrogen (secondary N) is 1. The number of halogens is 1. The van der Waals surface area contributed by atoms with Crippen LogP contribution in [0.15, 0.2) is 0 Å². The summed E-state index contributed by atoms with van der Waals surface area (Å²) in [5.41, 5.74) is 5.71. The van der Waals surface area contributed by atoms with Crippen LogP contribution < -0.4 is 11.1 Å². The van der Waals surface area contributed by atoms with Gasteiger partial charge < -0.3 is 15.8 Å². The highest BCUT2D eigenvalue weighted by Gasteiger charge is 2.29. The molecule has 0 bridgehead atoms. The Bertz CT molecular complexity index is 260. The van der Waals surface area contributed by atoms with Gasteiger partial charge >= 0.3 is 5.97 Å². The standard InChI is InChI=1S/C10H18N2O3.ClH/c1-6(10(14)15-2)12-9(13)7-3-4-8(11)5-7;/h6-8H,3-5,11H2,1-2H3,(H,12,13);1H/t6-,7?,8?;/m1./s1. The van der Waals surface area contributed by atoms with Gasteiger partial charge in [-0.3, -0.25) is 4.79 Å². The first-order valence-corrected chi connectivity index (χ1v) is 5.18. The van der Waals surface area contributed by atoms with Gasteiger partial charge in [-0.1, -0.05) is 0 Å². The lowest BCUT2D eigenvalue weighted by molar-refractivity contribution is -0.145. The average molecular weight is 251 g/mol. The van der Waals surface area contributed by atoms with Crippen LogP contribution in [0.25, 0.3) is 0 Å². The number of amides is 1. The Labute approximate surface area is 101 Å². The Balaban J connectivity index is 0.00000225. The monoisotopic (exact) mass is 250 g/mol. The minimum atomic E-state index is -0.584. The predicted molar refractivity (Wildman–Crippen MR) is 62.2 cm³/mol. The maximum Gasteiger partial charge on any atom is 0.328 e. The lowest BCUT2D eigenvalue weighted by atomic mass is 10.1. The molecular formula is C10H19ClN2O3. The molecule has 1 saturated carbocycles. The summed E-state index contributed by atoms with van der Waals surface area (Å²) in [5, 5.41) is 2.62. The van der Waals surface area contributed by atoms with E-state index in [2.05, 4.69) is 10.1 Å². The van der Waals surface area contributed by atoms with Crippen molar-refractivity contribution in [1.29, 1.82) is 0 Å². The molecule has 0 aromatic rings. The molecular weight excluding hydrogens is 232 g/mol. The zero-order chi connectivity index (χ0) is 11.4. The molecule has 1 rings (SSSR count). The third-order valence-corrected chi connectivity index (χ3v) is 2.76. The lowest BCUT2D eigenvalue weighted by Crippen LogP contribution is -2.42. The molecule has 0 aromatic carbocycles. The van der Waals surface area contributed by atoms with Crippen molar-refractivity contribution in [2.75, 3.05) is 7.11 Å². The molecule has 0 radical (unpaired) electrons. The van der Waals surface area contributed by atoms with E-state index in [0.29, 0.717) is 6.42 Å². The van der Waals surface area contributed by atoms with Crippen LogP contribution in [0.2, 0.25) is 0 Å². The second-order valence-corrected chi connectivity index (χ2v) is 4.02. The van der Waals surface area contributed by atoms with Gasteiger partial charge in [0, 0.05) is 12.0 Å². The Morgan fingerprint density at radius 3 is 2.50 bits per heavy atom. The molecule has 0 spiro atoms. The molecule has 1 aliphatic carbocycles. The predicted octanol–water partition coefficient (Wildman–Crippen LogP) is 0.213. The van der Waals surface area contributed by atoms with Crippen molar-refractivity contribution < 1.29 is 14.3 Å². The second kappa shape index (κ2) is 6.70. The van der Waals surface area contributed by atoms with E-state index in [1.165, 1.54) is 7.11 Å². The van der Waals surface area contributed by atoms with Crippen molar-refractivity contribution in [3.63, 3.8) is 0 Å². The zero-order valence-corrected chi connectivity index (χ0v) is 10.4. The van der Waals surface area contributed by atoms with E-state index in [4.69, 9.17) is 5.73 Å². The summed E-state index contributed by atoms with van der Waals surface area (Å²) in [5.74, 6) is -0.571. The first-order chi connectivity index (χ1) is 7.04. The molecule has 0 saturated heterocycles. The number of carbonyl (C=O) groups excluding carboxylic acids is 2. The minimum absolute atomic E-state index is 0. The molecule has 2 unspecified atom stereocenters. The van der Waals surface area contributed by atoms with Gasteiger partial charge in [0.1, 0.15) is 6.04 Å². The number of ether oxygens (including phenoxy) is 1. The molecule has 6 heteroatoms. The van der Waals surface area contributed by atoms with E-state index in [9.17, 15) is 9.59 Å². The molecule has 0 aliphatic heterocycles. The summed E-state index contributed by atoms with van der Waals surface area (Å²) in [6.45, 7) is 1.61. The van der Waals surface area contributed by atoms with Crippen molar-refractivity contribution in [2.24, 2.45) is 11.7 Å². The van der Waals surface area contributed by atoms with Crippen molar-refractivity contribution >= 4 is 24.3 Å². The maximum absolute atomic E-state index is 11.6. The summed E-state index contributed by atoms with van der Waals surface area (Å²) in [6.07, 6.45) is 2.39. The van der Waals surface area contributed by atoms with Crippen molar-refractivity contribution in [1.82, 2.24) is 5.32 Å². The van der Waals surface area contributed by atoms with Crippen molar-refractivity contribution in [2.45, 2.75) is 38.3 Å². The minimum Gasteiger partial charge on any atom is -0.467 e. The normalized spacial score (nSPS) is 25.4. The maximum atomic E-state index is 11.6. The molecule has 1 aliphatic rings. The van der Waals surface area contributed by atoms with E-state index >= 15 is 0 Å². The lowest BCUT2D eigenvalue weighted by Gasteiger charge is -2.15. The molecule has 1 amide bonds. The van der Waals surface area contributed by atoms with Gasteiger partial charge in [0.05, 0.1) is 7.11 Å². The van der Waals surface area contributed by atoms with Crippen LogP contribution in [0.4, 0.5) is 0 Å². The van der Waals surface area contributed by atoms with Gasteiger partial charge in [-0.2, -0.15) is 0 Å². The van der Waals surface area contributed by atoms with Crippen LogP contribution in [-0.2, 0) is 14.3 Å². The summed E-state index contributed by atoms with van der Waals surface area (Å²) in [6, 6.07) is -0.464.